The highest BCUT2D eigenvalue weighted by Gasteiger charge is 2.32. The lowest BCUT2D eigenvalue weighted by Crippen LogP contribution is -2.56. The lowest BCUT2D eigenvalue weighted by atomic mass is 10.1. The zero-order valence-electron chi connectivity index (χ0n) is 26.5. The van der Waals surface area contributed by atoms with Crippen molar-refractivity contribution in [3.05, 3.63) is 42.1 Å². The van der Waals surface area contributed by atoms with Crippen LogP contribution < -0.4 is 10.1 Å². The zero-order valence-corrected chi connectivity index (χ0v) is 26.5. The van der Waals surface area contributed by atoms with Crippen LogP contribution in [-0.4, -0.2) is 107 Å². The van der Waals surface area contributed by atoms with Gasteiger partial charge in [0.25, 0.3) is 5.91 Å². The van der Waals surface area contributed by atoms with Gasteiger partial charge in [0.2, 0.25) is 11.8 Å². The zero-order chi connectivity index (χ0) is 32.4. The number of aromatic nitrogens is 2. The van der Waals surface area contributed by atoms with Gasteiger partial charge in [-0.05, 0) is 34.1 Å². The average molecular weight is 626 g/mol. The van der Waals surface area contributed by atoms with Crippen LogP contribution in [0.1, 0.15) is 63.9 Å². The van der Waals surface area contributed by atoms with Gasteiger partial charge in [-0.1, -0.05) is 30.3 Å². The highest BCUT2D eigenvalue weighted by atomic mass is 16.6. The molecule has 0 aliphatic carbocycles. The van der Waals surface area contributed by atoms with Crippen molar-refractivity contribution in [3.8, 4) is 17.3 Å². The fourth-order valence-electron chi connectivity index (χ4n) is 4.97. The standard InChI is InChI=1S/C32H43N5O8/c1-5-43-31(41)37-17-15-36(16-18-37)30(40)24(11-12-27(38)45-32(2,3)4)34-29(39)25-21-26(44-23-13-19-42-20-14-23)35-28(33-25)22-9-7-6-8-10-22/h6-10,21,23-24H,5,11-20H2,1-4H3,(H,34,39)/t24-/m0/s1. The second-order valence-electron chi connectivity index (χ2n) is 11.9. The number of carbonyl (C=O) groups excluding carboxylic acids is 4. The van der Waals surface area contributed by atoms with Gasteiger partial charge in [-0.25, -0.2) is 9.78 Å². The maximum absolute atomic E-state index is 13.7. The first-order chi connectivity index (χ1) is 21.5. The van der Waals surface area contributed by atoms with E-state index in [4.69, 9.17) is 18.9 Å². The highest BCUT2D eigenvalue weighted by molar-refractivity contribution is 5.96. The first-order valence-corrected chi connectivity index (χ1v) is 15.4. The maximum Gasteiger partial charge on any atom is 0.409 e. The Labute approximate surface area is 263 Å². The lowest BCUT2D eigenvalue weighted by Gasteiger charge is -2.36. The molecule has 3 amide bonds. The number of nitrogens with zero attached hydrogens (tertiary/aromatic N) is 4. The molecule has 2 aliphatic rings. The molecule has 1 aromatic carbocycles. The second kappa shape index (κ2) is 15.6. The monoisotopic (exact) mass is 625 g/mol. The molecule has 13 nitrogen and oxygen atoms in total. The molecule has 0 unspecified atom stereocenters. The first kappa shape index (κ1) is 33.6. The molecule has 2 aliphatic heterocycles. The van der Waals surface area contributed by atoms with Crippen molar-refractivity contribution < 1.29 is 38.1 Å². The quantitative estimate of drug-likeness (QED) is 0.390. The van der Waals surface area contributed by atoms with Crippen LogP contribution in [0.5, 0.6) is 5.88 Å². The number of esters is 1. The Kier molecular flexibility index (Phi) is 11.7. The summed E-state index contributed by atoms with van der Waals surface area (Å²) in [6.07, 6.45) is 0.752. The summed E-state index contributed by atoms with van der Waals surface area (Å²) >= 11 is 0. The van der Waals surface area contributed by atoms with Crippen LogP contribution in [-0.2, 0) is 23.8 Å². The Balaban J connectivity index is 1.54. The van der Waals surface area contributed by atoms with E-state index in [0.717, 1.165) is 0 Å². The Morgan fingerprint density at radius 1 is 1.00 bits per heavy atom. The molecule has 1 aromatic heterocycles. The fraction of sp³-hybridized carbons (Fsp3) is 0.562. The normalized spacial score (nSPS) is 16.4. The molecule has 1 atom stereocenters. The number of rotatable bonds is 10. The van der Waals surface area contributed by atoms with Gasteiger partial charge in [0.15, 0.2) is 5.82 Å². The molecule has 244 valence electrons. The molecule has 1 N–H and O–H groups in total. The van der Waals surface area contributed by atoms with Crippen molar-refractivity contribution in [2.45, 2.75) is 71.1 Å². The summed E-state index contributed by atoms with van der Waals surface area (Å²) in [5.41, 5.74) is 0.0213. The number of benzene rings is 1. The van der Waals surface area contributed by atoms with E-state index in [0.29, 0.717) is 37.4 Å². The molecule has 0 bridgehead atoms. The summed E-state index contributed by atoms with van der Waals surface area (Å²) in [6, 6.07) is 9.64. The third-order valence-electron chi connectivity index (χ3n) is 7.20. The van der Waals surface area contributed by atoms with Crippen molar-refractivity contribution in [1.82, 2.24) is 25.1 Å². The third kappa shape index (κ3) is 10.1. The Morgan fingerprint density at radius 2 is 1.67 bits per heavy atom. The summed E-state index contributed by atoms with van der Waals surface area (Å²) in [6.45, 7) is 9.51. The summed E-state index contributed by atoms with van der Waals surface area (Å²) < 4.78 is 22.1. The average Bonchev–Trinajstić information content (AvgIpc) is 3.02. The molecule has 2 aromatic rings. The van der Waals surface area contributed by atoms with E-state index in [1.54, 1.807) is 32.6 Å². The minimum absolute atomic E-state index is 0.0135. The molecule has 0 radical (unpaired) electrons. The largest absolute Gasteiger partial charge is 0.474 e. The molecule has 4 rings (SSSR count). The van der Waals surface area contributed by atoms with Gasteiger partial charge in [-0.2, -0.15) is 4.98 Å². The number of hydrogen-bond acceptors (Lipinski definition) is 10. The molecule has 13 heteroatoms. The van der Waals surface area contributed by atoms with Crippen LogP contribution >= 0.6 is 0 Å². The van der Waals surface area contributed by atoms with Crippen LogP contribution in [0.25, 0.3) is 11.4 Å². The molecule has 0 spiro atoms. The minimum atomic E-state index is -1.05. The predicted molar refractivity (Wildman–Crippen MR) is 163 cm³/mol. The number of amides is 3. The second-order valence-corrected chi connectivity index (χ2v) is 11.9. The number of ether oxygens (including phenoxy) is 4. The molecule has 45 heavy (non-hydrogen) atoms. The number of piperazine rings is 1. The Morgan fingerprint density at radius 3 is 2.31 bits per heavy atom. The highest BCUT2D eigenvalue weighted by Crippen LogP contribution is 2.22. The summed E-state index contributed by atoms with van der Waals surface area (Å²) in [5.74, 6) is -0.919. The van der Waals surface area contributed by atoms with Crippen LogP contribution in [0.2, 0.25) is 0 Å². The van der Waals surface area contributed by atoms with E-state index in [1.807, 2.05) is 30.3 Å². The summed E-state index contributed by atoms with van der Waals surface area (Å²) in [4.78, 5) is 64.4. The summed E-state index contributed by atoms with van der Waals surface area (Å²) in [7, 11) is 0. The van der Waals surface area contributed by atoms with Crippen LogP contribution in [0.15, 0.2) is 36.4 Å². The van der Waals surface area contributed by atoms with Crippen LogP contribution in [0.3, 0.4) is 0 Å². The van der Waals surface area contributed by atoms with E-state index in [2.05, 4.69) is 15.3 Å². The smallest absolute Gasteiger partial charge is 0.409 e. The Hall–Kier alpha value is -4.26. The van der Waals surface area contributed by atoms with Gasteiger partial charge >= 0.3 is 12.1 Å². The molecular weight excluding hydrogens is 582 g/mol. The van der Waals surface area contributed by atoms with Gasteiger partial charge in [0.05, 0.1) is 19.8 Å². The third-order valence-corrected chi connectivity index (χ3v) is 7.20. The maximum atomic E-state index is 13.7. The SMILES string of the molecule is CCOC(=O)N1CCN(C(=O)[C@H](CCC(=O)OC(C)(C)C)NC(=O)c2cc(OC3CCOCC3)nc(-c3ccccc3)n2)CC1. The lowest BCUT2D eigenvalue weighted by molar-refractivity contribution is -0.155. The van der Waals surface area contributed by atoms with E-state index < -0.39 is 29.6 Å². The van der Waals surface area contributed by atoms with E-state index in [-0.39, 0.29) is 69.2 Å². The summed E-state index contributed by atoms with van der Waals surface area (Å²) in [5, 5.41) is 2.80. The predicted octanol–water partition coefficient (Wildman–Crippen LogP) is 3.22. The number of hydrogen-bond donors (Lipinski definition) is 1. The fourth-order valence-corrected chi connectivity index (χ4v) is 4.97. The Bertz CT molecular complexity index is 1320. The number of nitrogens with one attached hydrogen (secondary N) is 1. The minimum Gasteiger partial charge on any atom is -0.474 e. The van der Waals surface area contributed by atoms with E-state index >= 15 is 0 Å². The van der Waals surface area contributed by atoms with Gasteiger partial charge in [-0.3, -0.25) is 14.4 Å². The van der Waals surface area contributed by atoms with Crippen molar-refractivity contribution in [2.24, 2.45) is 0 Å². The van der Waals surface area contributed by atoms with Gasteiger partial charge in [0.1, 0.15) is 23.4 Å². The van der Waals surface area contributed by atoms with Gasteiger partial charge in [-0.15, -0.1) is 0 Å². The van der Waals surface area contributed by atoms with Crippen molar-refractivity contribution in [1.29, 1.82) is 0 Å². The number of carbonyl (C=O) groups is 4. The first-order valence-electron chi connectivity index (χ1n) is 15.4. The molecule has 2 saturated heterocycles. The van der Waals surface area contributed by atoms with E-state index in [1.165, 1.54) is 11.0 Å². The van der Waals surface area contributed by atoms with Crippen LogP contribution in [0.4, 0.5) is 4.79 Å². The van der Waals surface area contributed by atoms with Crippen LogP contribution in [0, 0.1) is 0 Å². The molecule has 2 fully saturated rings. The van der Waals surface area contributed by atoms with Crippen molar-refractivity contribution in [2.75, 3.05) is 46.0 Å². The molecule has 0 saturated carbocycles. The van der Waals surface area contributed by atoms with Crippen molar-refractivity contribution >= 4 is 23.9 Å². The van der Waals surface area contributed by atoms with Crippen molar-refractivity contribution in [3.63, 3.8) is 0 Å². The molecular formula is C32H43N5O8. The van der Waals surface area contributed by atoms with E-state index in [9.17, 15) is 19.2 Å². The molecule has 3 heterocycles. The van der Waals surface area contributed by atoms with Gasteiger partial charge in [0, 0.05) is 57.1 Å². The topological polar surface area (TPSA) is 149 Å². The van der Waals surface area contributed by atoms with Gasteiger partial charge < -0.3 is 34.1 Å².